The maximum Gasteiger partial charge on any atom is 0.211 e. The van der Waals surface area contributed by atoms with Gasteiger partial charge in [0.05, 0.1) is 12.2 Å². The Bertz CT molecular complexity index is 268. The Hall–Kier alpha value is -0.830. The maximum absolute atomic E-state index is 5.63. The number of nitrogens with one attached hydrogen (secondary N) is 1. The van der Waals surface area contributed by atoms with Crippen LogP contribution in [-0.2, 0) is 0 Å². The van der Waals surface area contributed by atoms with Gasteiger partial charge in [-0.1, -0.05) is 20.8 Å². The first kappa shape index (κ1) is 11.2. The fraction of sp³-hybridized carbons (Fsp3) is 0.727. The number of hydrogen-bond acceptors (Lipinski definition) is 3. The second-order valence-corrected chi connectivity index (χ2v) is 3.93. The summed E-state index contributed by atoms with van der Waals surface area (Å²) in [6, 6.07) is 0.211. The average molecular weight is 196 g/mol. The monoisotopic (exact) mass is 196 g/mol. The van der Waals surface area contributed by atoms with Gasteiger partial charge in [0.1, 0.15) is 5.76 Å². The van der Waals surface area contributed by atoms with Crippen LogP contribution in [0.25, 0.3) is 0 Å². The number of aromatic nitrogens is 1. The molecule has 0 saturated carbocycles. The standard InChI is InChI=1S/C11H20N2O/c1-5-6-12-9(4)11-13-7-10(14-11)8(2)3/h7-9,12H,5-6H2,1-4H3. The summed E-state index contributed by atoms with van der Waals surface area (Å²) >= 11 is 0. The molecule has 1 rings (SSSR count). The third-order valence-corrected chi connectivity index (χ3v) is 2.18. The molecule has 0 radical (unpaired) electrons. The first-order valence-corrected chi connectivity index (χ1v) is 5.34. The van der Waals surface area contributed by atoms with Crippen LogP contribution in [0, 0.1) is 0 Å². The SMILES string of the molecule is CCCNC(C)c1ncc(C(C)C)o1. The van der Waals surface area contributed by atoms with Crippen LogP contribution in [0.4, 0.5) is 0 Å². The summed E-state index contributed by atoms with van der Waals surface area (Å²) < 4.78 is 5.63. The fourth-order valence-electron chi connectivity index (χ4n) is 1.22. The van der Waals surface area contributed by atoms with Gasteiger partial charge < -0.3 is 9.73 Å². The normalized spacial score (nSPS) is 13.5. The minimum absolute atomic E-state index is 0.211. The Morgan fingerprint density at radius 1 is 1.43 bits per heavy atom. The van der Waals surface area contributed by atoms with E-state index in [1.54, 1.807) is 0 Å². The molecule has 3 heteroatoms. The van der Waals surface area contributed by atoms with Crippen LogP contribution in [0.1, 0.15) is 57.7 Å². The van der Waals surface area contributed by atoms with Gasteiger partial charge in [-0.2, -0.15) is 0 Å². The number of oxazole rings is 1. The van der Waals surface area contributed by atoms with Gasteiger partial charge in [0.2, 0.25) is 5.89 Å². The molecule has 1 N–H and O–H groups in total. The van der Waals surface area contributed by atoms with Crippen LogP contribution in [0.15, 0.2) is 10.6 Å². The van der Waals surface area contributed by atoms with Crippen molar-refractivity contribution in [1.29, 1.82) is 0 Å². The lowest BCUT2D eigenvalue weighted by molar-refractivity contribution is 0.386. The minimum Gasteiger partial charge on any atom is -0.444 e. The molecule has 0 bridgehead atoms. The predicted molar refractivity (Wildman–Crippen MR) is 57.3 cm³/mol. The molecular weight excluding hydrogens is 176 g/mol. The molecule has 0 aliphatic heterocycles. The molecule has 14 heavy (non-hydrogen) atoms. The summed E-state index contributed by atoms with van der Waals surface area (Å²) in [6.07, 6.45) is 2.95. The number of rotatable bonds is 5. The second-order valence-electron chi connectivity index (χ2n) is 3.93. The highest BCUT2D eigenvalue weighted by Gasteiger charge is 2.12. The van der Waals surface area contributed by atoms with Gasteiger partial charge in [-0.3, -0.25) is 0 Å². The van der Waals surface area contributed by atoms with Crippen molar-refractivity contribution in [3.8, 4) is 0 Å². The van der Waals surface area contributed by atoms with Crippen molar-refractivity contribution in [3.63, 3.8) is 0 Å². The zero-order valence-electron chi connectivity index (χ0n) is 9.50. The molecule has 0 spiro atoms. The van der Waals surface area contributed by atoms with E-state index < -0.39 is 0 Å². The lowest BCUT2D eigenvalue weighted by Gasteiger charge is -2.08. The first-order chi connectivity index (χ1) is 6.65. The van der Waals surface area contributed by atoms with E-state index in [4.69, 9.17) is 4.42 Å². The van der Waals surface area contributed by atoms with Crippen molar-refractivity contribution in [2.24, 2.45) is 0 Å². The van der Waals surface area contributed by atoms with Crippen molar-refractivity contribution in [1.82, 2.24) is 10.3 Å². The van der Waals surface area contributed by atoms with E-state index in [0.717, 1.165) is 24.6 Å². The van der Waals surface area contributed by atoms with Gasteiger partial charge in [0.15, 0.2) is 0 Å². The zero-order valence-corrected chi connectivity index (χ0v) is 9.50. The number of hydrogen-bond donors (Lipinski definition) is 1. The molecule has 0 amide bonds. The Kier molecular flexibility index (Phi) is 4.14. The summed E-state index contributed by atoms with van der Waals surface area (Å²) in [5.74, 6) is 2.17. The molecule has 3 nitrogen and oxygen atoms in total. The summed E-state index contributed by atoms with van der Waals surface area (Å²) in [7, 11) is 0. The summed E-state index contributed by atoms with van der Waals surface area (Å²) in [6.45, 7) is 9.43. The lowest BCUT2D eigenvalue weighted by atomic mass is 10.2. The van der Waals surface area contributed by atoms with Crippen LogP contribution in [0.2, 0.25) is 0 Å². The Morgan fingerprint density at radius 3 is 2.64 bits per heavy atom. The molecule has 0 aliphatic carbocycles. The molecule has 1 atom stereocenters. The second kappa shape index (κ2) is 5.15. The minimum atomic E-state index is 0.211. The quantitative estimate of drug-likeness (QED) is 0.787. The van der Waals surface area contributed by atoms with E-state index in [1.807, 2.05) is 6.20 Å². The van der Waals surface area contributed by atoms with Crippen molar-refractivity contribution >= 4 is 0 Å². The molecule has 1 aromatic rings. The van der Waals surface area contributed by atoms with E-state index in [2.05, 4.69) is 38.0 Å². The van der Waals surface area contributed by atoms with Crippen LogP contribution in [0.3, 0.4) is 0 Å². The molecule has 80 valence electrons. The third kappa shape index (κ3) is 2.84. The maximum atomic E-state index is 5.63. The van der Waals surface area contributed by atoms with Crippen molar-refractivity contribution in [3.05, 3.63) is 17.8 Å². The number of nitrogens with zero attached hydrogens (tertiary/aromatic N) is 1. The first-order valence-electron chi connectivity index (χ1n) is 5.34. The van der Waals surface area contributed by atoms with E-state index in [9.17, 15) is 0 Å². The van der Waals surface area contributed by atoms with E-state index in [0.29, 0.717) is 5.92 Å². The molecule has 1 heterocycles. The van der Waals surface area contributed by atoms with Gasteiger partial charge in [0, 0.05) is 5.92 Å². The van der Waals surface area contributed by atoms with Crippen molar-refractivity contribution < 1.29 is 4.42 Å². The highest BCUT2D eigenvalue weighted by atomic mass is 16.4. The molecule has 0 aromatic carbocycles. The van der Waals surface area contributed by atoms with Crippen LogP contribution < -0.4 is 5.32 Å². The smallest absolute Gasteiger partial charge is 0.211 e. The molecule has 1 aromatic heterocycles. The van der Waals surface area contributed by atoms with E-state index in [-0.39, 0.29) is 6.04 Å². The fourth-order valence-corrected chi connectivity index (χ4v) is 1.22. The molecular formula is C11H20N2O. The lowest BCUT2D eigenvalue weighted by Crippen LogP contribution is -2.19. The average Bonchev–Trinajstić information content (AvgIpc) is 2.62. The Morgan fingerprint density at radius 2 is 2.14 bits per heavy atom. The van der Waals surface area contributed by atoms with Crippen LogP contribution in [-0.4, -0.2) is 11.5 Å². The van der Waals surface area contributed by atoms with Crippen LogP contribution in [0.5, 0.6) is 0 Å². The zero-order chi connectivity index (χ0) is 10.6. The van der Waals surface area contributed by atoms with Gasteiger partial charge in [-0.25, -0.2) is 4.98 Å². The van der Waals surface area contributed by atoms with E-state index in [1.165, 1.54) is 0 Å². The predicted octanol–water partition coefficient (Wildman–Crippen LogP) is 2.86. The van der Waals surface area contributed by atoms with Gasteiger partial charge in [-0.05, 0) is 19.9 Å². The molecule has 1 unspecified atom stereocenters. The molecule has 0 saturated heterocycles. The summed E-state index contributed by atoms with van der Waals surface area (Å²) in [4.78, 5) is 4.26. The Balaban J connectivity index is 2.57. The Labute approximate surface area is 85.9 Å². The van der Waals surface area contributed by atoms with Gasteiger partial charge in [-0.15, -0.1) is 0 Å². The topological polar surface area (TPSA) is 38.1 Å². The van der Waals surface area contributed by atoms with Crippen molar-refractivity contribution in [2.75, 3.05) is 6.54 Å². The largest absolute Gasteiger partial charge is 0.444 e. The van der Waals surface area contributed by atoms with Crippen molar-refractivity contribution in [2.45, 2.75) is 46.1 Å². The molecule has 0 aliphatic rings. The highest BCUT2D eigenvalue weighted by molar-refractivity contribution is 5.01. The van der Waals surface area contributed by atoms with E-state index >= 15 is 0 Å². The van der Waals surface area contributed by atoms with Gasteiger partial charge >= 0.3 is 0 Å². The van der Waals surface area contributed by atoms with Gasteiger partial charge in [0.25, 0.3) is 0 Å². The third-order valence-electron chi connectivity index (χ3n) is 2.18. The summed E-state index contributed by atoms with van der Waals surface area (Å²) in [5.41, 5.74) is 0. The highest BCUT2D eigenvalue weighted by Crippen LogP contribution is 2.18. The van der Waals surface area contributed by atoms with Crippen LogP contribution >= 0.6 is 0 Å². The summed E-state index contributed by atoms with van der Waals surface area (Å²) in [5, 5.41) is 3.34. The molecule has 0 fully saturated rings.